The van der Waals surface area contributed by atoms with E-state index >= 15 is 0 Å². The van der Waals surface area contributed by atoms with Crippen molar-refractivity contribution < 1.29 is 20.1 Å². The zero-order valence-electron chi connectivity index (χ0n) is 21.7. The molecule has 5 aromatic heterocycles. The van der Waals surface area contributed by atoms with Crippen LogP contribution in [0.3, 0.4) is 0 Å². The molecule has 5 heterocycles. The number of hydrogen-bond donors (Lipinski definition) is 0. The van der Waals surface area contributed by atoms with Gasteiger partial charge in [0.05, 0.1) is 33.2 Å². The Morgan fingerprint density at radius 3 is 2.07 bits per heavy atom. The largest absolute Gasteiger partial charge is 0.348 e. The molecule has 0 bridgehead atoms. The molecule has 10 aromatic rings. The van der Waals surface area contributed by atoms with E-state index in [1.165, 1.54) is 43.6 Å². The van der Waals surface area contributed by atoms with Crippen LogP contribution in [0.4, 0.5) is 0 Å². The SMILES string of the molecule is [Ir].[c-]1ccc2c3cccc4c5cccc6c5n(c2c1c1nc2ccccc2n61)c34.[c-]1ccccc1-c1ccccn1. The summed E-state index contributed by atoms with van der Waals surface area (Å²) >= 11 is 0. The van der Waals surface area contributed by atoms with Crippen molar-refractivity contribution in [3.8, 4) is 11.3 Å². The standard InChI is InChI=1S/C25H12N3.C11H8N.Ir/c1-2-12-20-19(11-1)26-25-18-10-4-8-15-14-6-3-7-16-17-9-5-13-21(27(20)25)24(17)28(22(14)16)23(15)18;1-2-6-10(7-3-1)11-8-4-5-9-12-11;/h1-9,11-13H;1-6,8-9H;/q2*-1;. The van der Waals surface area contributed by atoms with Crippen molar-refractivity contribution in [3.63, 3.8) is 0 Å². The average molecular weight is 701 g/mol. The summed E-state index contributed by atoms with van der Waals surface area (Å²) in [4.78, 5) is 9.26. The summed E-state index contributed by atoms with van der Waals surface area (Å²) in [5, 5.41) is 6.24. The summed E-state index contributed by atoms with van der Waals surface area (Å²) in [5.41, 5.74) is 10.1. The predicted molar refractivity (Wildman–Crippen MR) is 163 cm³/mol. The molecule has 0 saturated heterocycles. The fraction of sp³-hybridized carbons (Fsp3) is 0. The number of pyridine rings is 1. The Balaban J connectivity index is 0.000000167. The number of fused-ring (bicyclic) bond motifs is 7. The molecule has 5 heteroatoms. The molecule has 0 aliphatic heterocycles. The average Bonchev–Trinajstić information content (AvgIpc) is 3.67. The minimum absolute atomic E-state index is 0. The first-order valence-corrected chi connectivity index (χ1v) is 13.4. The molecule has 5 aromatic carbocycles. The molecule has 1 radical (unpaired) electrons. The van der Waals surface area contributed by atoms with E-state index in [-0.39, 0.29) is 20.1 Å². The summed E-state index contributed by atoms with van der Waals surface area (Å²) in [6.45, 7) is 0. The van der Waals surface area contributed by atoms with E-state index in [0.717, 1.165) is 33.3 Å². The van der Waals surface area contributed by atoms with Crippen LogP contribution in [-0.4, -0.2) is 18.8 Å². The molecule has 195 valence electrons. The van der Waals surface area contributed by atoms with Crippen molar-refractivity contribution in [2.24, 2.45) is 0 Å². The molecular formula is C36H20IrN4-2. The second-order valence-electron chi connectivity index (χ2n) is 10.1. The zero-order valence-corrected chi connectivity index (χ0v) is 24.1. The predicted octanol–water partition coefficient (Wildman–Crippen LogP) is 8.58. The number of imidazole rings is 1. The summed E-state index contributed by atoms with van der Waals surface area (Å²) in [7, 11) is 0. The number of benzene rings is 5. The minimum Gasteiger partial charge on any atom is -0.348 e. The number of aromatic nitrogens is 4. The van der Waals surface area contributed by atoms with Gasteiger partial charge in [0, 0.05) is 37.1 Å². The van der Waals surface area contributed by atoms with Gasteiger partial charge in [0.25, 0.3) is 0 Å². The normalized spacial score (nSPS) is 11.7. The van der Waals surface area contributed by atoms with Gasteiger partial charge in [-0.05, 0) is 40.9 Å². The molecule has 10 rings (SSSR count). The molecular weight excluding hydrogens is 681 g/mol. The molecule has 0 N–H and O–H groups in total. The van der Waals surface area contributed by atoms with Crippen LogP contribution in [-0.2, 0) is 20.1 Å². The Hall–Kier alpha value is -4.83. The molecule has 4 nitrogen and oxygen atoms in total. The second kappa shape index (κ2) is 9.10. The maximum absolute atomic E-state index is 5.04. The first kappa shape index (κ1) is 24.0. The van der Waals surface area contributed by atoms with Crippen LogP contribution in [0.15, 0.2) is 121 Å². The van der Waals surface area contributed by atoms with Gasteiger partial charge in [0.1, 0.15) is 0 Å². The van der Waals surface area contributed by atoms with Crippen molar-refractivity contribution in [1.29, 1.82) is 0 Å². The van der Waals surface area contributed by atoms with Crippen LogP contribution in [0.25, 0.3) is 76.9 Å². The Bertz CT molecular complexity index is 2440. The third-order valence-corrected chi connectivity index (χ3v) is 7.95. The van der Waals surface area contributed by atoms with Crippen LogP contribution < -0.4 is 0 Å². The Kier molecular flexibility index (Phi) is 5.33. The van der Waals surface area contributed by atoms with Gasteiger partial charge in [-0.15, -0.1) is 54.1 Å². The molecule has 0 atom stereocenters. The number of hydrogen-bond acceptors (Lipinski definition) is 2. The first-order valence-electron chi connectivity index (χ1n) is 13.4. The van der Waals surface area contributed by atoms with Crippen LogP contribution >= 0.6 is 0 Å². The Morgan fingerprint density at radius 2 is 1.27 bits per heavy atom. The third kappa shape index (κ3) is 3.31. The van der Waals surface area contributed by atoms with E-state index in [4.69, 9.17) is 4.98 Å². The molecule has 0 unspecified atom stereocenters. The van der Waals surface area contributed by atoms with E-state index in [0.29, 0.717) is 0 Å². The topological polar surface area (TPSA) is 34.6 Å². The van der Waals surface area contributed by atoms with Gasteiger partial charge in [0.15, 0.2) is 0 Å². The van der Waals surface area contributed by atoms with Gasteiger partial charge < -0.3 is 13.8 Å². The molecule has 41 heavy (non-hydrogen) atoms. The molecule has 0 aliphatic carbocycles. The van der Waals surface area contributed by atoms with Gasteiger partial charge in [-0.25, -0.2) is 0 Å². The molecule has 0 fully saturated rings. The number of nitrogens with zero attached hydrogens (tertiary/aromatic N) is 4. The van der Waals surface area contributed by atoms with Gasteiger partial charge >= 0.3 is 0 Å². The van der Waals surface area contributed by atoms with Crippen LogP contribution in [0, 0.1) is 12.1 Å². The molecule has 0 aliphatic rings. The Morgan fingerprint density at radius 1 is 0.537 bits per heavy atom. The van der Waals surface area contributed by atoms with E-state index in [9.17, 15) is 0 Å². The summed E-state index contributed by atoms with van der Waals surface area (Å²) in [6.07, 6.45) is 1.79. The van der Waals surface area contributed by atoms with Crippen LogP contribution in [0.2, 0.25) is 0 Å². The van der Waals surface area contributed by atoms with Crippen molar-refractivity contribution >= 4 is 65.7 Å². The summed E-state index contributed by atoms with van der Waals surface area (Å²) in [6, 6.07) is 46.2. The Labute approximate surface area is 248 Å². The van der Waals surface area contributed by atoms with E-state index in [1.807, 2.05) is 48.5 Å². The molecule has 0 spiro atoms. The zero-order chi connectivity index (χ0) is 26.2. The third-order valence-electron chi connectivity index (χ3n) is 7.95. The molecule has 0 amide bonds. The number of rotatable bonds is 1. The van der Waals surface area contributed by atoms with Crippen molar-refractivity contribution in [2.45, 2.75) is 0 Å². The quantitative estimate of drug-likeness (QED) is 0.161. The maximum Gasteiger partial charge on any atom is 0.0774 e. The molecule has 0 saturated carbocycles. The monoisotopic (exact) mass is 701 g/mol. The smallest absolute Gasteiger partial charge is 0.0774 e. The van der Waals surface area contributed by atoms with Gasteiger partial charge in [0.2, 0.25) is 0 Å². The first-order chi connectivity index (χ1) is 19.9. The minimum atomic E-state index is 0. The van der Waals surface area contributed by atoms with Crippen LogP contribution in [0.1, 0.15) is 0 Å². The van der Waals surface area contributed by atoms with Gasteiger partial charge in [-0.3, -0.25) is 4.98 Å². The second-order valence-corrected chi connectivity index (χ2v) is 10.1. The van der Waals surface area contributed by atoms with Crippen molar-refractivity contribution in [3.05, 3.63) is 134 Å². The van der Waals surface area contributed by atoms with Gasteiger partial charge in [-0.1, -0.05) is 65.4 Å². The van der Waals surface area contributed by atoms with Crippen molar-refractivity contribution in [2.75, 3.05) is 0 Å². The fourth-order valence-corrected chi connectivity index (χ4v) is 6.34. The fourth-order valence-electron chi connectivity index (χ4n) is 6.34. The van der Waals surface area contributed by atoms with Crippen LogP contribution in [0.5, 0.6) is 0 Å². The van der Waals surface area contributed by atoms with Gasteiger partial charge in [-0.2, -0.15) is 0 Å². The number of para-hydroxylation sites is 4. The van der Waals surface area contributed by atoms with E-state index in [1.54, 1.807) is 6.20 Å². The van der Waals surface area contributed by atoms with Crippen molar-refractivity contribution in [1.82, 2.24) is 18.8 Å². The summed E-state index contributed by atoms with van der Waals surface area (Å²) in [5.74, 6) is 0. The maximum atomic E-state index is 5.04. The van der Waals surface area contributed by atoms with E-state index in [2.05, 4.69) is 92.6 Å². The van der Waals surface area contributed by atoms with E-state index < -0.39 is 0 Å². The summed E-state index contributed by atoms with van der Waals surface area (Å²) < 4.78 is 4.75.